The summed E-state index contributed by atoms with van der Waals surface area (Å²) in [5.74, 6) is 0.158. The molecule has 0 aliphatic rings. The SMILES string of the molecule is CCCCOc1ccc(C(=O)Cl)cc1[N+](=O)[O-]. The van der Waals surface area contributed by atoms with Crippen LogP contribution in [0.1, 0.15) is 30.1 Å². The second-order valence-electron chi connectivity index (χ2n) is 3.42. The van der Waals surface area contributed by atoms with Gasteiger partial charge in [0.25, 0.3) is 5.24 Å². The zero-order valence-corrected chi connectivity index (χ0v) is 10.1. The number of rotatable bonds is 6. The molecule has 0 amide bonds. The first kappa shape index (κ1) is 13.4. The molecule has 0 bridgehead atoms. The highest BCUT2D eigenvalue weighted by Gasteiger charge is 2.17. The summed E-state index contributed by atoms with van der Waals surface area (Å²) < 4.78 is 5.28. The number of carbonyl (C=O) groups is 1. The van der Waals surface area contributed by atoms with E-state index in [-0.39, 0.29) is 17.0 Å². The monoisotopic (exact) mass is 257 g/mol. The molecule has 1 rings (SSSR count). The molecule has 0 aromatic heterocycles. The van der Waals surface area contributed by atoms with Gasteiger partial charge in [0.1, 0.15) is 0 Å². The first-order valence-electron chi connectivity index (χ1n) is 5.17. The summed E-state index contributed by atoms with van der Waals surface area (Å²) in [4.78, 5) is 21.1. The molecule has 0 saturated carbocycles. The molecule has 0 unspecified atom stereocenters. The predicted octanol–water partition coefficient (Wildman–Crippen LogP) is 3.15. The van der Waals surface area contributed by atoms with Crippen molar-refractivity contribution in [2.24, 2.45) is 0 Å². The number of unbranched alkanes of at least 4 members (excludes halogenated alkanes) is 1. The molecule has 0 heterocycles. The summed E-state index contributed by atoms with van der Waals surface area (Å²) in [5, 5.41) is 10.1. The number of nitro benzene ring substituents is 1. The Kier molecular flexibility index (Phi) is 4.90. The minimum absolute atomic E-state index is 0.0845. The maximum absolute atomic E-state index is 10.9. The Morgan fingerprint density at radius 3 is 2.76 bits per heavy atom. The predicted molar refractivity (Wildman–Crippen MR) is 63.7 cm³/mol. The average molecular weight is 258 g/mol. The summed E-state index contributed by atoms with van der Waals surface area (Å²) in [5.41, 5.74) is -0.159. The number of nitrogens with zero attached hydrogens (tertiary/aromatic N) is 1. The van der Waals surface area contributed by atoms with E-state index in [0.717, 1.165) is 18.9 Å². The quantitative estimate of drug-likeness (QED) is 0.340. The third kappa shape index (κ3) is 3.71. The van der Waals surface area contributed by atoms with Crippen LogP contribution in [0.15, 0.2) is 18.2 Å². The van der Waals surface area contributed by atoms with Crippen LogP contribution in [0.4, 0.5) is 5.69 Å². The largest absolute Gasteiger partial charge is 0.487 e. The number of carbonyl (C=O) groups excluding carboxylic acids is 1. The van der Waals surface area contributed by atoms with Crippen LogP contribution >= 0.6 is 11.6 Å². The number of benzene rings is 1. The van der Waals surface area contributed by atoms with E-state index < -0.39 is 10.2 Å². The van der Waals surface area contributed by atoms with Crippen LogP contribution in [-0.2, 0) is 0 Å². The van der Waals surface area contributed by atoms with Gasteiger partial charge in [0.2, 0.25) is 0 Å². The van der Waals surface area contributed by atoms with E-state index in [0.29, 0.717) is 6.61 Å². The van der Waals surface area contributed by atoms with Crippen LogP contribution in [0, 0.1) is 10.1 Å². The van der Waals surface area contributed by atoms with Crippen molar-refractivity contribution in [1.82, 2.24) is 0 Å². The normalized spacial score (nSPS) is 10.0. The van der Waals surface area contributed by atoms with Crippen LogP contribution < -0.4 is 4.74 Å². The molecule has 1 aromatic rings. The third-order valence-electron chi connectivity index (χ3n) is 2.14. The zero-order chi connectivity index (χ0) is 12.8. The van der Waals surface area contributed by atoms with Crippen molar-refractivity contribution in [2.75, 3.05) is 6.61 Å². The number of halogens is 1. The van der Waals surface area contributed by atoms with Crippen LogP contribution in [0.3, 0.4) is 0 Å². The molecule has 5 nitrogen and oxygen atoms in total. The van der Waals surface area contributed by atoms with Gasteiger partial charge in [0.15, 0.2) is 5.75 Å². The Balaban J connectivity index is 2.96. The van der Waals surface area contributed by atoms with Crippen molar-refractivity contribution in [1.29, 1.82) is 0 Å². The molecule has 1 aromatic carbocycles. The molecule has 6 heteroatoms. The van der Waals surface area contributed by atoms with Gasteiger partial charge in [-0.15, -0.1) is 0 Å². The smallest absolute Gasteiger partial charge is 0.311 e. The van der Waals surface area contributed by atoms with Gasteiger partial charge in [0.05, 0.1) is 11.5 Å². The van der Waals surface area contributed by atoms with E-state index >= 15 is 0 Å². The van der Waals surface area contributed by atoms with Gasteiger partial charge in [-0.05, 0) is 30.2 Å². The molecule has 0 aliphatic carbocycles. The fourth-order valence-corrected chi connectivity index (χ4v) is 1.35. The molecule has 0 spiro atoms. The van der Waals surface area contributed by atoms with E-state index in [9.17, 15) is 14.9 Å². The molecular weight excluding hydrogens is 246 g/mol. The standard InChI is InChI=1S/C11H12ClNO4/c1-2-3-6-17-10-5-4-8(11(12)14)7-9(10)13(15)16/h4-5,7H,2-3,6H2,1H3. The zero-order valence-electron chi connectivity index (χ0n) is 9.31. The van der Waals surface area contributed by atoms with Crippen LogP contribution in [0.2, 0.25) is 0 Å². The van der Waals surface area contributed by atoms with Gasteiger partial charge in [-0.1, -0.05) is 13.3 Å². The van der Waals surface area contributed by atoms with Crippen molar-refractivity contribution in [3.63, 3.8) is 0 Å². The third-order valence-corrected chi connectivity index (χ3v) is 2.36. The van der Waals surface area contributed by atoms with Gasteiger partial charge in [-0.2, -0.15) is 0 Å². The highest BCUT2D eigenvalue weighted by atomic mass is 35.5. The van der Waals surface area contributed by atoms with Crippen molar-refractivity contribution in [3.8, 4) is 5.75 Å². The first-order chi connectivity index (χ1) is 8.06. The van der Waals surface area contributed by atoms with Crippen LogP contribution in [-0.4, -0.2) is 16.8 Å². The van der Waals surface area contributed by atoms with E-state index in [4.69, 9.17) is 16.3 Å². The van der Waals surface area contributed by atoms with E-state index in [2.05, 4.69) is 0 Å². The highest BCUT2D eigenvalue weighted by Crippen LogP contribution is 2.28. The molecule has 0 N–H and O–H groups in total. The molecule has 17 heavy (non-hydrogen) atoms. The molecule has 0 atom stereocenters. The fraction of sp³-hybridized carbons (Fsp3) is 0.364. The van der Waals surface area contributed by atoms with Crippen molar-refractivity contribution in [3.05, 3.63) is 33.9 Å². The average Bonchev–Trinajstić information content (AvgIpc) is 2.29. The molecule has 92 valence electrons. The van der Waals surface area contributed by atoms with Crippen molar-refractivity contribution < 1.29 is 14.5 Å². The molecule has 0 fully saturated rings. The molecule has 0 saturated heterocycles. The highest BCUT2D eigenvalue weighted by molar-refractivity contribution is 6.67. The van der Waals surface area contributed by atoms with Gasteiger partial charge < -0.3 is 4.74 Å². The summed E-state index contributed by atoms with van der Waals surface area (Å²) in [6.45, 7) is 2.40. The van der Waals surface area contributed by atoms with Gasteiger partial charge in [0, 0.05) is 11.6 Å². The van der Waals surface area contributed by atoms with Crippen LogP contribution in [0.5, 0.6) is 5.75 Å². The number of ether oxygens (including phenoxy) is 1. The van der Waals surface area contributed by atoms with Crippen molar-refractivity contribution >= 4 is 22.5 Å². The van der Waals surface area contributed by atoms with Gasteiger partial charge >= 0.3 is 5.69 Å². The van der Waals surface area contributed by atoms with E-state index in [1.165, 1.54) is 12.1 Å². The Morgan fingerprint density at radius 1 is 1.53 bits per heavy atom. The lowest BCUT2D eigenvalue weighted by Crippen LogP contribution is -2.01. The maximum Gasteiger partial charge on any atom is 0.311 e. The number of nitro groups is 1. The van der Waals surface area contributed by atoms with E-state index in [1.807, 2.05) is 6.92 Å². The topological polar surface area (TPSA) is 69.4 Å². The lowest BCUT2D eigenvalue weighted by atomic mass is 10.2. The summed E-state index contributed by atoms with van der Waals surface area (Å²) in [6, 6.07) is 3.92. The second-order valence-corrected chi connectivity index (χ2v) is 3.76. The molecular formula is C11H12ClNO4. The summed E-state index contributed by atoms with van der Waals surface area (Å²) in [6.07, 6.45) is 1.75. The second kappa shape index (κ2) is 6.20. The van der Waals surface area contributed by atoms with E-state index in [1.54, 1.807) is 0 Å². The Morgan fingerprint density at radius 2 is 2.24 bits per heavy atom. The fourth-order valence-electron chi connectivity index (χ4n) is 1.23. The van der Waals surface area contributed by atoms with Crippen LogP contribution in [0.25, 0.3) is 0 Å². The number of hydrogen-bond donors (Lipinski definition) is 0. The lowest BCUT2D eigenvalue weighted by molar-refractivity contribution is -0.385. The Hall–Kier alpha value is -1.62. The molecule has 0 radical (unpaired) electrons. The van der Waals surface area contributed by atoms with Gasteiger partial charge in [-0.25, -0.2) is 0 Å². The Bertz CT molecular complexity index is 433. The lowest BCUT2D eigenvalue weighted by Gasteiger charge is -2.06. The maximum atomic E-state index is 10.9. The first-order valence-corrected chi connectivity index (χ1v) is 5.55. The van der Waals surface area contributed by atoms with Crippen molar-refractivity contribution in [2.45, 2.75) is 19.8 Å². The minimum atomic E-state index is -0.729. The van der Waals surface area contributed by atoms with Gasteiger partial charge in [-0.3, -0.25) is 14.9 Å². The number of hydrogen-bond acceptors (Lipinski definition) is 4. The Labute approximate surface area is 103 Å². The summed E-state index contributed by atoms with van der Waals surface area (Å²) in [7, 11) is 0. The molecule has 0 aliphatic heterocycles. The summed E-state index contributed by atoms with van der Waals surface area (Å²) >= 11 is 5.26. The minimum Gasteiger partial charge on any atom is -0.487 e.